The van der Waals surface area contributed by atoms with Crippen molar-refractivity contribution in [3.05, 3.63) is 71.8 Å². The molecule has 1 aliphatic rings. The Morgan fingerprint density at radius 1 is 1.00 bits per heavy atom. The number of hydroxylamine groups is 2. The number of aryl methyl sites for hydroxylation is 1. The van der Waals surface area contributed by atoms with Crippen LogP contribution >= 0.6 is 0 Å². The molecule has 2 aromatic carbocycles. The van der Waals surface area contributed by atoms with E-state index in [1.165, 1.54) is 5.56 Å². The molecule has 1 fully saturated rings. The van der Waals surface area contributed by atoms with Crippen molar-refractivity contribution >= 4 is 5.91 Å². The molecule has 0 bridgehead atoms. The molecule has 3 rings (SSSR count). The van der Waals surface area contributed by atoms with E-state index in [2.05, 4.69) is 24.3 Å². The molecule has 120 valence electrons. The van der Waals surface area contributed by atoms with Crippen molar-refractivity contribution in [1.29, 1.82) is 0 Å². The first-order valence-corrected chi connectivity index (χ1v) is 8.34. The summed E-state index contributed by atoms with van der Waals surface area (Å²) in [6.45, 7) is 0. The number of benzene rings is 2. The highest BCUT2D eigenvalue weighted by atomic mass is 16.5. The minimum absolute atomic E-state index is 0.158. The monoisotopic (exact) mass is 309 g/mol. The number of nitrogens with zero attached hydrogens (tertiary/aromatic N) is 1. The van der Waals surface area contributed by atoms with Crippen LogP contribution in [0.1, 0.15) is 42.9 Å². The van der Waals surface area contributed by atoms with Gasteiger partial charge in [-0.05, 0) is 42.7 Å². The van der Waals surface area contributed by atoms with E-state index in [1.807, 2.05) is 36.4 Å². The molecule has 3 nitrogen and oxygen atoms in total. The van der Waals surface area contributed by atoms with Crippen LogP contribution in [0.4, 0.5) is 0 Å². The Balaban J connectivity index is 1.59. The minimum atomic E-state index is -0.209. The lowest BCUT2D eigenvalue weighted by Gasteiger charge is -2.35. The van der Waals surface area contributed by atoms with E-state index in [0.717, 1.165) is 36.3 Å². The van der Waals surface area contributed by atoms with E-state index in [0.29, 0.717) is 12.3 Å². The molecule has 1 N–H and O–H groups in total. The van der Waals surface area contributed by atoms with Gasteiger partial charge in [-0.25, -0.2) is 5.06 Å². The molecule has 1 amide bonds. The average Bonchev–Trinajstić information content (AvgIpc) is 2.59. The van der Waals surface area contributed by atoms with Gasteiger partial charge in [-0.3, -0.25) is 10.0 Å². The first kappa shape index (κ1) is 15.8. The van der Waals surface area contributed by atoms with Gasteiger partial charge in [0.1, 0.15) is 0 Å². The Hall–Kier alpha value is -2.13. The SMILES string of the molecule is O=C1CC(CCCc2ccccc2)CC(c2ccccc2)N1O. The summed E-state index contributed by atoms with van der Waals surface area (Å²) in [6, 6.07) is 20.1. The van der Waals surface area contributed by atoms with E-state index >= 15 is 0 Å². The summed E-state index contributed by atoms with van der Waals surface area (Å²) in [4.78, 5) is 12.1. The molecule has 3 heteroatoms. The molecule has 1 saturated heterocycles. The fraction of sp³-hybridized carbons (Fsp3) is 0.350. The van der Waals surface area contributed by atoms with Crippen molar-refractivity contribution in [2.75, 3.05) is 0 Å². The van der Waals surface area contributed by atoms with Gasteiger partial charge in [0.25, 0.3) is 0 Å². The van der Waals surface area contributed by atoms with Crippen molar-refractivity contribution in [3.8, 4) is 0 Å². The van der Waals surface area contributed by atoms with E-state index in [4.69, 9.17) is 0 Å². The fourth-order valence-corrected chi connectivity index (χ4v) is 3.43. The number of carbonyl (C=O) groups is 1. The second-order valence-corrected chi connectivity index (χ2v) is 6.35. The maximum atomic E-state index is 12.1. The molecule has 2 unspecified atom stereocenters. The van der Waals surface area contributed by atoms with Crippen LogP contribution in [-0.4, -0.2) is 16.2 Å². The van der Waals surface area contributed by atoms with E-state index in [-0.39, 0.29) is 11.9 Å². The largest absolute Gasteiger partial charge is 0.285 e. The summed E-state index contributed by atoms with van der Waals surface area (Å²) in [6.07, 6.45) is 4.44. The molecule has 0 spiro atoms. The predicted octanol–water partition coefficient (Wildman–Crippen LogP) is 4.38. The zero-order valence-corrected chi connectivity index (χ0v) is 13.3. The number of hydrogen-bond acceptors (Lipinski definition) is 2. The first-order valence-electron chi connectivity index (χ1n) is 8.34. The van der Waals surface area contributed by atoms with Crippen LogP contribution in [0.15, 0.2) is 60.7 Å². The number of hydrogen-bond donors (Lipinski definition) is 1. The molecular formula is C20H23NO2. The maximum absolute atomic E-state index is 12.1. The van der Waals surface area contributed by atoms with Gasteiger partial charge in [0, 0.05) is 6.42 Å². The number of carbonyl (C=O) groups excluding carboxylic acids is 1. The molecule has 23 heavy (non-hydrogen) atoms. The first-order chi connectivity index (χ1) is 11.2. The smallest absolute Gasteiger partial charge is 0.246 e. The zero-order chi connectivity index (χ0) is 16.1. The number of amides is 1. The van der Waals surface area contributed by atoms with Gasteiger partial charge in [0.15, 0.2) is 0 Å². The molecule has 2 aromatic rings. The fourth-order valence-electron chi connectivity index (χ4n) is 3.43. The second-order valence-electron chi connectivity index (χ2n) is 6.35. The van der Waals surface area contributed by atoms with Gasteiger partial charge < -0.3 is 0 Å². The Kier molecular flexibility index (Phi) is 5.09. The van der Waals surface area contributed by atoms with Crippen LogP contribution in [0.5, 0.6) is 0 Å². The van der Waals surface area contributed by atoms with Gasteiger partial charge in [0.2, 0.25) is 5.91 Å². The third-order valence-electron chi connectivity index (χ3n) is 4.68. The minimum Gasteiger partial charge on any atom is -0.285 e. The normalized spacial score (nSPS) is 21.4. The van der Waals surface area contributed by atoms with E-state index < -0.39 is 0 Å². The van der Waals surface area contributed by atoms with Crippen LogP contribution in [0.3, 0.4) is 0 Å². The lowest BCUT2D eigenvalue weighted by molar-refractivity contribution is -0.187. The van der Waals surface area contributed by atoms with Gasteiger partial charge >= 0.3 is 0 Å². The van der Waals surface area contributed by atoms with Gasteiger partial charge in [0.05, 0.1) is 6.04 Å². The van der Waals surface area contributed by atoms with Gasteiger partial charge in [-0.15, -0.1) is 0 Å². The number of rotatable bonds is 5. The van der Waals surface area contributed by atoms with Crippen molar-refractivity contribution in [3.63, 3.8) is 0 Å². The molecule has 0 aromatic heterocycles. The van der Waals surface area contributed by atoms with Crippen LogP contribution in [0, 0.1) is 5.92 Å². The standard InChI is InChI=1S/C20H23NO2/c22-20-15-17(11-7-10-16-8-3-1-4-9-16)14-19(21(20)23)18-12-5-2-6-13-18/h1-6,8-9,12-13,17,19,23H,7,10-11,14-15H2. The molecular weight excluding hydrogens is 286 g/mol. The average molecular weight is 309 g/mol. The topological polar surface area (TPSA) is 40.5 Å². The van der Waals surface area contributed by atoms with Crippen LogP contribution in [-0.2, 0) is 11.2 Å². The Morgan fingerprint density at radius 3 is 2.35 bits per heavy atom. The highest BCUT2D eigenvalue weighted by Gasteiger charge is 2.33. The van der Waals surface area contributed by atoms with Crippen LogP contribution < -0.4 is 0 Å². The molecule has 0 aliphatic carbocycles. The molecule has 1 aliphatic heterocycles. The third kappa shape index (κ3) is 3.99. The van der Waals surface area contributed by atoms with Crippen molar-refractivity contribution in [2.45, 2.75) is 38.1 Å². The lowest BCUT2D eigenvalue weighted by Crippen LogP contribution is -2.39. The van der Waals surface area contributed by atoms with Gasteiger partial charge in [-0.1, -0.05) is 60.7 Å². The summed E-state index contributed by atoms with van der Waals surface area (Å²) < 4.78 is 0. The lowest BCUT2D eigenvalue weighted by atomic mass is 9.84. The highest BCUT2D eigenvalue weighted by molar-refractivity contribution is 5.76. The third-order valence-corrected chi connectivity index (χ3v) is 4.68. The summed E-state index contributed by atoms with van der Waals surface area (Å²) in [5.74, 6) is 0.189. The molecule has 0 saturated carbocycles. The Labute approximate surface area is 137 Å². The predicted molar refractivity (Wildman–Crippen MR) is 89.9 cm³/mol. The second kappa shape index (κ2) is 7.42. The molecule has 1 heterocycles. The maximum Gasteiger partial charge on any atom is 0.246 e. The van der Waals surface area contributed by atoms with Crippen molar-refractivity contribution in [1.82, 2.24) is 5.06 Å². The molecule has 0 radical (unpaired) electrons. The summed E-state index contributed by atoms with van der Waals surface area (Å²) in [5.41, 5.74) is 2.36. The van der Waals surface area contributed by atoms with Crippen molar-refractivity contribution in [2.24, 2.45) is 5.92 Å². The Morgan fingerprint density at radius 2 is 1.65 bits per heavy atom. The number of piperidine rings is 1. The Bertz CT molecular complexity index is 627. The van der Waals surface area contributed by atoms with Crippen LogP contribution in [0.2, 0.25) is 0 Å². The summed E-state index contributed by atoms with van der Waals surface area (Å²) >= 11 is 0. The zero-order valence-electron chi connectivity index (χ0n) is 13.3. The van der Waals surface area contributed by atoms with Crippen molar-refractivity contribution < 1.29 is 10.0 Å². The van der Waals surface area contributed by atoms with E-state index in [9.17, 15) is 10.0 Å². The summed E-state index contributed by atoms with van der Waals surface area (Å²) in [5, 5.41) is 11.0. The quantitative estimate of drug-likeness (QED) is 0.833. The van der Waals surface area contributed by atoms with E-state index in [1.54, 1.807) is 0 Å². The molecule has 2 atom stereocenters. The highest BCUT2D eigenvalue weighted by Crippen LogP contribution is 2.35. The van der Waals surface area contributed by atoms with Crippen LogP contribution in [0.25, 0.3) is 0 Å². The summed E-state index contributed by atoms with van der Waals surface area (Å²) in [7, 11) is 0. The van der Waals surface area contributed by atoms with Gasteiger partial charge in [-0.2, -0.15) is 0 Å².